The Morgan fingerprint density at radius 2 is 1.73 bits per heavy atom. The summed E-state index contributed by atoms with van der Waals surface area (Å²) in [7, 11) is -1.23. The van der Waals surface area contributed by atoms with E-state index in [2.05, 4.69) is 5.32 Å². The molecule has 0 unspecified atom stereocenters. The van der Waals surface area contributed by atoms with E-state index in [0.29, 0.717) is 12.3 Å². The molecule has 1 amide bonds. The van der Waals surface area contributed by atoms with Crippen LogP contribution in [0.15, 0.2) is 54.6 Å². The second kappa shape index (κ2) is 7.90. The van der Waals surface area contributed by atoms with Gasteiger partial charge in [-0.05, 0) is 30.5 Å². The van der Waals surface area contributed by atoms with Gasteiger partial charge in [-0.1, -0.05) is 54.6 Å². The summed E-state index contributed by atoms with van der Waals surface area (Å²) in [6.45, 7) is 4.17. The molecule has 22 heavy (non-hydrogen) atoms. The molecule has 0 radical (unpaired) electrons. The SMILES string of the molecule is Cc1ccccc1C[S@](=O)[C@@H](C)C(=O)NCc1ccccc1. The predicted molar refractivity (Wildman–Crippen MR) is 90.8 cm³/mol. The van der Waals surface area contributed by atoms with E-state index >= 15 is 0 Å². The van der Waals surface area contributed by atoms with Gasteiger partial charge in [0.05, 0.1) is 0 Å². The zero-order chi connectivity index (χ0) is 15.9. The number of amides is 1. The van der Waals surface area contributed by atoms with Crippen LogP contribution in [0.4, 0.5) is 0 Å². The molecule has 0 bridgehead atoms. The predicted octanol–water partition coefficient (Wildman–Crippen LogP) is 2.95. The summed E-state index contributed by atoms with van der Waals surface area (Å²) in [5.74, 6) is 0.239. The van der Waals surface area contributed by atoms with Gasteiger partial charge in [-0.15, -0.1) is 0 Å². The third kappa shape index (κ3) is 4.53. The van der Waals surface area contributed by atoms with Gasteiger partial charge >= 0.3 is 0 Å². The first-order chi connectivity index (χ1) is 10.6. The molecule has 0 aliphatic carbocycles. The van der Waals surface area contributed by atoms with E-state index in [1.165, 1.54) is 0 Å². The van der Waals surface area contributed by atoms with Crippen LogP contribution in [0.25, 0.3) is 0 Å². The van der Waals surface area contributed by atoms with E-state index in [1.54, 1.807) is 6.92 Å². The number of hydrogen-bond acceptors (Lipinski definition) is 2. The van der Waals surface area contributed by atoms with Crippen molar-refractivity contribution in [2.24, 2.45) is 0 Å². The van der Waals surface area contributed by atoms with Gasteiger partial charge in [0, 0.05) is 23.1 Å². The number of carbonyl (C=O) groups excluding carboxylic acids is 1. The van der Waals surface area contributed by atoms with Crippen LogP contribution in [0, 0.1) is 6.92 Å². The molecule has 0 aromatic heterocycles. The maximum absolute atomic E-state index is 12.4. The lowest BCUT2D eigenvalue weighted by molar-refractivity contribution is -0.120. The second-order valence-corrected chi connectivity index (χ2v) is 7.05. The molecule has 2 aromatic carbocycles. The first kappa shape index (κ1) is 16.4. The monoisotopic (exact) mass is 315 g/mol. The largest absolute Gasteiger partial charge is 0.351 e. The van der Waals surface area contributed by atoms with Crippen molar-refractivity contribution in [3.05, 3.63) is 71.3 Å². The van der Waals surface area contributed by atoms with Gasteiger partial charge in [0.2, 0.25) is 5.91 Å². The third-order valence-electron chi connectivity index (χ3n) is 3.63. The van der Waals surface area contributed by atoms with Gasteiger partial charge in [-0.25, -0.2) is 0 Å². The number of rotatable bonds is 6. The van der Waals surface area contributed by atoms with Crippen molar-refractivity contribution in [1.29, 1.82) is 0 Å². The van der Waals surface area contributed by atoms with Crippen LogP contribution in [0.5, 0.6) is 0 Å². The van der Waals surface area contributed by atoms with Crippen molar-refractivity contribution >= 4 is 16.7 Å². The fraction of sp³-hybridized carbons (Fsp3) is 0.278. The van der Waals surface area contributed by atoms with Gasteiger partial charge in [0.1, 0.15) is 5.25 Å². The lowest BCUT2D eigenvalue weighted by Gasteiger charge is -2.13. The smallest absolute Gasteiger partial charge is 0.235 e. The molecule has 0 aliphatic rings. The first-order valence-corrected chi connectivity index (χ1v) is 8.69. The van der Waals surface area contributed by atoms with Gasteiger partial charge in [-0.3, -0.25) is 9.00 Å². The summed E-state index contributed by atoms with van der Waals surface area (Å²) < 4.78 is 12.4. The molecule has 2 atom stereocenters. The van der Waals surface area contributed by atoms with Crippen LogP contribution >= 0.6 is 0 Å². The highest BCUT2D eigenvalue weighted by Gasteiger charge is 2.20. The highest BCUT2D eigenvalue weighted by atomic mass is 32.2. The molecule has 0 aliphatic heterocycles. The number of benzene rings is 2. The van der Waals surface area contributed by atoms with E-state index in [4.69, 9.17) is 0 Å². The molecule has 1 N–H and O–H groups in total. The zero-order valence-electron chi connectivity index (χ0n) is 12.9. The Morgan fingerprint density at radius 3 is 2.41 bits per heavy atom. The van der Waals surface area contributed by atoms with E-state index in [1.807, 2.05) is 61.5 Å². The summed E-state index contributed by atoms with van der Waals surface area (Å²) in [5, 5.41) is 2.32. The van der Waals surface area contributed by atoms with E-state index in [-0.39, 0.29) is 5.91 Å². The lowest BCUT2D eigenvalue weighted by atomic mass is 10.1. The van der Waals surface area contributed by atoms with Crippen molar-refractivity contribution < 1.29 is 9.00 Å². The number of hydrogen-bond donors (Lipinski definition) is 1. The molecule has 0 spiro atoms. The highest BCUT2D eigenvalue weighted by molar-refractivity contribution is 7.85. The molecule has 116 valence electrons. The van der Waals surface area contributed by atoms with E-state index in [9.17, 15) is 9.00 Å². The normalized spacial score (nSPS) is 13.4. The van der Waals surface area contributed by atoms with Crippen molar-refractivity contribution in [2.75, 3.05) is 0 Å². The summed E-state index contributed by atoms with van der Waals surface area (Å²) in [5.41, 5.74) is 3.17. The molecule has 4 heteroatoms. The first-order valence-electron chi connectivity index (χ1n) is 7.31. The molecular formula is C18H21NO2S. The molecular weight excluding hydrogens is 294 g/mol. The Morgan fingerprint density at radius 1 is 1.09 bits per heavy atom. The van der Waals surface area contributed by atoms with Crippen molar-refractivity contribution in [3.8, 4) is 0 Å². The Balaban J connectivity index is 1.90. The molecule has 0 saturated carbocycles. The minimum Gasteiger partial charge on any atom is -0.351 e. The Labute approximate surface area is 134 Å². The summed E-state index contributed by atoms with van der Waals surface area (Å²) in [6, 6.07) is 17.5. The van der Waals surface area contributed by atoms with Crippen molar-refractivity contribution in [1.82, 2.24) is 5.32 Å². The zero-order valence-corrected chi connectivity index (χ0v) is 13.7. The third-order valence-corrected chi connectivity index (χ3v) is 5.23. The molecule has 2 rings (SSSR count). The minimum absolute atomic E-state index is 0.171. The van der Waals surface area contributed by atoms with Crippen molar-refractivity contribution in [3.63, 3.8) is 0 Å². The quantitative estimate of drug-likeness (QED) is 0.891. The molecule has 2 aromatic rings. The number of carbonyl (C=O) groups is 1. The Kier molecular flexibility index (Phi) is 5.90. The maximum atomic E-state index is 12.4. The van der Waals surface area contributed by atoms with E-state index < -0.39 is 16.0 Å². The Bertz CT molecular complexity index is 655. The lowest BCUT2D eigenvalue weighted by Crippen LogP contribution is -2.35. The number of nitrogens with one attached hydrogen (secondary N) is 1. The van der Waals surface area contributed by atoms with Crippen LogP contribution in [0.2, 0.25) is 0 Å². The van der Waals surface area contributed by atoms with E-state index in [0.717, 1.165) is 16.7 Å². The van der Waals surface area contributed by atoms with Gasteiger partial charge in [0.15, 0.2) is 0 Å². The fourth-order valence-electron chi connectivity index (χ4n) is 2.10. The molecule has 3 nitrogen and oxygen atoms in total. The molecule has 0 fully saturated rings. The highest BCUT2D eigenvalue weighted by Crippen LogP contribution is 2.12. The molecule has 0 saturated heterocycles. The average molecular weight is 315 g/mol. The summed E-state index contributed by atoms with van der Waals surface area (Å²) in [6.07, 6.45) is 0. The van der Waals surface area contributed by atoms with Gasteiger partial charge in [-0.2, -0.15) is 0 Å². The summed E-state index contributed by atoms with van der Waals surface area (Å²) >= 11 is 0. The number of aryl methyl sites for hydroxylation is 1. The summed E-state index contributed by atoms with van der Waals surface area (Å²) in [4.78, 5) is 12.1. The van der Waals surface area contributed by atoms with Crippen LogP contribution in [0.1, 0.15) is 23.6 Å². The van der Waals surface area contributed by atoms with Gasteiger partial charge in [0.25, 0.3) is 0 Å². The van der Waals surface area contributed by atoms with Crippen LogP contribution in [-0.2, 0) is 27.9 Å². The standard InChI is InChI=1S/C18H21NO2S/c1-14-8-6-7-11-17(14)13-22(21)15(2)18(20)19-12-16-9-4-3-5-10-16/h3-11,15H,12-13H2,1-2H3,(H,19,20)/t15-,22-/m0/s1. The second-order valence-electron chi connectivity index (χ2n) is 5.30. The minimum atomic E-state index is -1.23. The topological polar surface area (TPSA) is 46.2 Å². The molecule has 0 heterocycles. The fourth-order valence-corrected chi connectivity index (χ4v) is 3.30. The van der Waals surface area contributed by atoms with Crippen LogP contribution in [0.3, 0.4) is 0 Å². The average Bonchev–Trinajstić information content (AvgIpc) is 2.55. The van der Waals surface area contributed by atoms with Crippen LogP contribution in [-0.4, -0.2) is 15.4 Å². The van der Waals surface area contributed by atoms with Crippen molar-refractivity contribution in [2.45, 2.75) is 31.4 Å². The Hall–Kier alpha value is -1.94. The van der Waals surface area contributed by atoms with Crippen LogP contribution < -0.4 is 5.32 Å². The maximum Gasteiger partial charge on any atom is 0.235 e. The van der Waals surface area contributed by atoms with Gasteiger partial charge < -0.3 is 5.32 Å².